The summed E-state index contributed by atoms with van der Waals surface area (Å²) in [6.45, 7) is 7.19. The number of hydrogen-bond donors (Lipinski definition) is 2. The van der Waals surface area contributed by atoms with Gasteiger partial charge in [-0.15, -0.1) is 0 Å². The van der Waals surface area contributed by atoms with Crippen molar-refractivity contribution < 1.29 is 13.2 Å². The summed E-state index contributed by atoms with van der Waals surface area (Å²) in [7, 11) is -3.54. The van der Waals surface area contributed by atoms with Gasteiger partial charge in [0.1, 0.15) is 0 Å². The summed E-state index contributed by atoms with van der Waals surface area (Å²) in [6.07, 6.45) is 0. The van der Waals surface area contributed by atoms with Crippen LogP contribution in [0.3, 0.4) is 0 Å². The predicted molar refractivity (Wildman–Crippen MR) is 117 cm³/mol. The van der Waals surface area contributed by atoms with E-state index in [0.29, 0.717) is 22.0 Å². The van der Waals surface area contributed by atoms with E-state index in [4.69, 9.17) is 11.6 Å². The maximum Gasteiger partial charge on any atom is 0.254 e. The third kappa shape index (κ3) is 4.78. The van der Waals surface area contributed by atoms with Crippen molar-refractivity contribution in [3.63, 3.8) is 0 Å². The van der Waals surface area contributed by atoms with Crippen molar-refractivity contribution in [2.24, 2.45) is 0 Å². The number of carbonyl (C=O) groups excluding carboxylic acids is 1. The maximum atomic E-state index is 12.8. The Morgan fingerprint density at radius 3 is 2.34 bits per heavy atom. The Balaban J connectivity index is 1.82. The molecule has 0 saturated heterocycles. The van der Waals surface area contributed by atoms with Gasteiger partial charge in [0.15, 0.2) is 0 Å². The molecule has 0 saturated carbocycles. The number of nitrogens with one attached hydrogen (secondary N) is 2. The predicted octanol–water partition coefficient (Wildman–Crippen LogP) is 5.24. The van der Waals surface area contributed by atoms with Crippen LogP contribution in [-0.4, -0.2) is 19.2 Å². The van der Waals surface area contributed by atoms with Crippen LogP contribution < -0.4 is 4.72 Å². The number of halogens is 1. The number of carbonyl (C=O) groups is 1. The molecule has 2 aromatic carbocycles. The molecule has 3 rings (SSSR count). The minimum absolute atomic E-state index is 0.00877. The zero-order valence-electron chi connectivity index (χ0n) is 16.1. The lowest BCUT2D eigenvalue weighted by atomic mass is 9.97. The average Bonchev–Trinajstić information content (AvgIpc) is 3.09. The van der Waals surface area contributed by atoms with Crippen molar-refractivity contribution in [2.45, 2.75) is 19.8 Å². The molecule has 0 radical (unpaired) electrons. The molecule has 0 spiro atoms. The molecule has 0 fully saturated rings. The van der Waals surface area contributed by atoms with Crippen LogP contribution in [-0.2, 0) is 10.0 Å². The number of aryl methyl sites for hydroxylation is 1. The van der Waals surface area contributed by atoms with E-state index < -0.39 is 10.0 Å². The fourth-order valence-corrected chi connectivity index (χ4v) is 3.70. The topological polar surface area (TPSA) is 79.0 Å². The van der Waals surface area contributed by atoms with Crippen molar-refractivity contribution in [2.75, 3.05) is 4.72 Å². The van der Waals surface area contributed by atoms with Gasteiger partial charge in [-0.05, 0) is 60.5 Å². The van der Waals surface area contributed by atoms with Crippen LogP contribution in [0, 0.1) is 6.92 Å². The number of hydrogen-bond acceptors (Lipinski definition) is 3. The highest BCUT2D eigenvalue weighted by Crippen LogP contribution is 2.27. The van der Waals surface area contributed by atoms with Crippen molar-refractivity contribution in [1.82, 2.24) is 4.98 Å². The molecule has 0 amide bonds. The molecule has 1 aromatic heterocycles. The summed E-state index contributed by atoms with van der Waals surface area (Å²) in [6, 6.07) is 15.9. The smallest absolute Gasteiger partial charge is 0.254 e. The fraction of sp³-hybridized carbons (Fsp3) is 0.136. The minimum Gasteiger partial charge on any atom is -0.355 e. The van der Waals surface area contributed by atoms with Crippen LogP contribution in [0.25, 0.3) is 0 Å². The normalized spacial score (nSPS) is 12.4. The first-order valence-electron chi connectivity index (χ1n) is 8.95. The van der Waals surface area contributed by atoms with E-state index in [1.54, 1.807) is 36.4 Å². The lowest BCUT2D eigenvalue weighted by Gasteiger charge is -2.12. The van der Waals surface area contributed by atoms with Gasteiger partial charge in [-0.3, -0.25) is 9.52 Å². The lowest BCUT2D eigenvalue weighted by molar-refractivity contribution is 0.103. The number of anilines is 1. The number of aromatic nitrogens is 1. The second-order valence-electron chi connectivity index (χ2n) is 6.78. The summed E-state index contributed by atoms with van der Waals surface area (Å²) in [5.74, 6) is -0.0997. The molecule has 29 heavy (non-hydrogen) atoms. The molecular weight excluding hydrogens is 408 g/mol. The molecule has 7 heteroatoms. The quantitative estimate of drug-likeness (QED) is 0.505. The summed E-state index contributed by atoms with van der Waals surface area (Å²) < 4.78 is 25.6. The average molecular weight is 429 g/mol. The largest absolute Gasteiger partial charge is 0.355 e. The fourth-order valence-electron chi connectivity index (χ4n) is 3.02. The molecule has 1 unspecified atom stereocenters. The van der Waals surface area contributed by atoms with Gasteiger partial charge in [0, 0.05) is 33.3 Å². The number of benzene rings is 2. The van der Waals surface area contributed by atoms with Crippen LogP contribution in [0.1, 0.15) is 45.7 Å². The lowest BCUT2D eigenvalue weighted by Crippen LogP contribution is -2.08. The van der Waals surface area contributed by atoms with Gasteiger partial charge in [0.25, 0.3) is 10.0 Å². The van der Waals surface area contributed by atoms with E-state index in [9.17, 15) is 13.2 Å². The first-order valence-corrected chi connectivity index (χ1v) is 10.9. The van der Waals surface area contributed by atoms with E-state index in [1.165, 1.54) is 0 Å². The van der Waals surface area contributed by atoms with E-state index in [1.807, 2.05) is 32.0 Å². The van der Waals surface area contributed by atoms with Gasteiger partial charge in [-0.1, -0.05) is 37.2 Å². The molecule has 1 heterocycles. The molecule has 0 aliphatic heterocycles. The van der Waals surface area contributed by atoms with Crippen LogP contribution >= 0.6 is 11.6 Å². The third-order valence-electron chi connectivity index (χ3n) is 4.73. The number of ketones is 1. The van der Waals surface area contributed by atoms with Gasteiger partial charge >= 0.3 is 0 Å². The minimum atomic E-state index is -3.54. The van der Waals surface area contributed by atoms with Crippen molar-refractivity contribution in [3.05, 3.63) is 99.7 Å². The molecule has 3 aromatic rings. The van der Waals surface area contributed by atoms with Crippen LogP contribution in [0.4, 0.5) is 5.69 Å². The van der Waals surface area contributed by atoms with Gasteiger partial charge in [-0.2, -0.15) is 0 Å². The van der Waals surface area contributed by atoms with Crippen molar-refractivity contribution >= 4 is 33.1 Å². The molecule has 0 aliphatic rings. The van der Waals surface area contributed by atoms with Gasteiger partial charge in [-0.25, -0.2) is 8.42 Å². The summed E-state index contributed by atoms with van der Waals surface area (Å²) >= 11 is 5.90. The number of aromatic amines is 1. The first kappa shape index (κ1) is 20.9. The van der Waals surface area contributed by atoms with Gasteiger partial charge < -0.3 is 4.98 Å². The Bertz CT molecular complexity index is 1150. The molecule has 2 N–H and O–H groups in total. The van der Waals surface area contributed by atoms with E-state index in [-0.39, 0.29) is 11.7 Å². The highest BCUT2D eigenvalue weighted by atomic mass is 35.5. The molecule has 1 atom stereocenters. The Morgan fingerprint density at radius 2 is 1.76 bits per heavy atom. The summed E-state index contributed by atoms with van der Waals surface area (Å²) in [5.41, 5.74) is 4.32. The zero-order valence-corrected chi connectivity index (χ0v) is 17.6. The molecule has 5 nitrogen and oxygen atoms in total. The van der Waals surface area contributed by atoms with Crippen molar-refractivity contribution in [1.29, 1.82) is 0 Å². The van der Waals surface area contributed by atoms with E-state index >= 15 is 0 Å². The Labute approximate surface area is 175 Å². The second kappa shape index (κ2) is 8.27. The Kier molecular flexibility index (Phi) is 5.96. The van der Waals surface area contributed by atoms with E-state index in [0.717, 1.165) is 22.2 Å². The van der Waals surface area contributed by atoms with Gasteiger partial charge in [0.05, 0.1) is 5.69 Å². The third-order valence-corrected chi connectivity index (χ3v) is 5.94. The SMILES string of the molecule is C=CS(=O)(=O)Nc1ccc(C(C)c2cc(C)c(C(=O)c3ccc(Cl)cc3)[nH]2)cc1. The van der Waals surface area contributed by atoms with Crippen LogP contribution in [0.15, 0.2) is 66.6 Å². The standard InChI is InChI=1S/C22H21ClN2O3S/c1-4-29(27,28)25-19-11-7-16(8-12-19)15(3)20-13-14(2)21(24-20)22(26)17-5-9-18(23)10-6-17/h4-13,15,24-25H,1H2,2-3H3. The van der Waals surface area contributed by atoms with Crippen LogP contribution in [0.5, 0.6) is 0 Å². The Hall–Kier alpha value is -2.83. The van der Waals surface area contributed by atoms with Crippen molar-refractivity contribution in [3.8, 4) is 0 Å². The number of sulfonamides is 1. The molecule has 0 bridgehead atoms. The maximum absolute atomic E-state index is 12.8. The summed E-state index contributed by atoms with van der Waals surface area (Å²) in [4.78, 5) is 16.1. The summed E-state index contributed by atoms with van der Waals surface area (Å²) in [5, 5.41) is 1.45. The molecular formula is C22H21ClN2O3S. The monoisotopic (exact) mass is 428 g/mol. The number of rotatable bonds is 7. The molecule has 150 valence electrons. The van der Waals surface area contributed by atoms with Crippen LogP contribution in [0.2, 0.25) is 5.02 Å². The highest BCUT2D eigenvalue weighted by molar-refractivity contribution is 7.95. The van der Waals surface area contributed by atoms with E-state index in [2.05, 4.69) is 16.3 Å². The Morgan fingerprint density at radius 1 is 1.14 bits per heavy atom. The second-order valence-corrected chi connectivity index (χ2v) is 8.84. The highest BCUT2D eigenvalue weighted by Gasteiger charge is 2.18. The first-order chi connectivity index (χ1) is 13.7. The van der Waals surface area contributed by atoms with Gasteiger partial charge in [0.2, 0.25) is 5.78 Å². The number of H-pyrrole nitrogens is 1. The molecule has 0 aliphatic carbocycles. The zero-order chi connectivity index (χ0) is 21.2.